The minimum Gasteiger partial charge on any atom is -0.237 e. The van der Waals surface area contributed by atoms with Crippen molar-refractivity contribution in [1.29, 1.82) is 0 Å². The number of nitrogens with zero attached hydrogens (tertiary/aromatic N) is 1. The molecule has 9 heavy (non-hydrogen) atoms. The van der Waals surface area contributed by atoms with Gasteiger partial charge in [0.1, 0.15) is 5.01 Å². The van der Waals surface area contributed by atoms with Crippen molar-refractivity contribution in [1.82, 2.24) is 4.98 Å². The van der Waals surface area contributed by atoms with Crippen LogP contribution in [0.25, 0.3) is 12.2 Å². The molecule has 0 bridgehead atoms. The van der Waals surface area contributed by atoms with Crippen LogP contribution in [0.5, 0.6) is 0 Å². The monoisotopic (exact) mass is 137 g/mol. The van der Waals surface area contributed by atoms with E-state index >= 15 is 0 Å². The molecule has 0 aliphatic carbocycles. The summed E-state index contributed by atoms with van der Waals surface area (Å²) in [6.07, 6.45) is 3.46. The standard InChI is InChI=1S/C7H7NS/c1-3-6-5-9-7(4-2)8-6/h3-5H,1-2H2. The molecular weight excluding hydrogens is 130 g/mol. The lowest BCUT2D eigenvalue weighted by molar-refractivity contribution is 1.36. The van der Waals surface area contributed by atoms with Crippen LogP contribution in [0.2, 0.25) is 0 Å². The summed E-state index contributed by atoms with van der Waals surface area (Å²) < 4.78 is 0. The zero-order chi connectivity index (χ0) is 6.69. The van der Waals surface area contributed by atoms with Crippen LogP contribution in [0.3, 0.4) is 0 Å². The average molecular weight is 137 g/mol. The predicted molar refractivity (Wildman–Crippen MR) is 42.3 cm³/mol. The van der Waals surface area contributed by atoms with Crippen LogP contribution in [-0.4, -0.2) is 4.98 Å². The maximum absolute atomic E-state index is 4.13. The lowest BCUT2D eigenvalue weighted by Gasteiger charge is -1.75. The Morgan fingerprint density at radius 2 is 2.22 bits per heavy atom. The maximum atomic E-state index is 4.13. The molecule has 0 radical (unpaired) electrons. The number of hydrogen-bond donors (Lipinski definition) is 0. The molecular formula is C7H7NS. The van der Waals surface area contributed by atoms with Gasteiger partial charge in [0.15, 0.2) is 0 Å². The van der Waals surface area contributed by atoms with Crippen LogP contribution < -0.4 is 0 Å². The number of hydrogen-bond acceptors (Lipinski definition) is 2. The van der Waals surface area contributed by atoms with Crippen molar-refractivity contribution in [2.45, 2.75) is 0 Å². The molecule has 1 heterocycles. The normalized spacial score (nSPS) is 8.89. The molecule has 0 aliphatic rings. The third kappa shape index (κ3) is 1.27. The molecule has 0 aliphatic heterocycles. The summed E-state index contributed by atoms with van der Waals surface area (Å²) in [4.78, 5) is 4.13. The smallest absolute Gasteiger partial charge is 0.116 e. The molecule has 0 amide bonds. The van der Waals surface area contributed by atoms with Crippen molar-refractivity contribution in [3.63, 3.8) is 0 Å². The van der Waals surface area contributed by atoms with Gasteiger partial charge in [-0.1, -0.05) is 13.2 Å². The first kappa shape index (κ1) is 6.23. The number of rotatable bonds is 2. The van der Waals surface area contributed by atoms with Crippen molar-refractivity contribution in [2.75, 3.05) is 0 Å². The van der Waals surface area contributed by atoms with E-state index in [1.54, 1.807) is 23.5 Å². The summed E-state index contributed by atoms with van der Waals surface area (Å²) >= 11 is 1.57. The second-order valence-electron chi connectivity index (χ2n) is 1.52. The van der Waals surface area contributed by atoms with Crippen LogP contribution in [0.1, 0.15) is 10.7 Å². The topological polar surface area (TPSA) is 12.9 Å². The molecule has 0 saturated heterocycles. The summed E-state index contributed by atoms with van der Waals surface area (Å²) in [5, 5.41) is 2.90. The van der Waals surface area contributed by atoms with Crippen molar-refractivity contribution >= 4 is 23.5 Å². The summed E-state index contributed by atoms with van der Waals surface area (Å²) in [7, 11) is 0. The Hall–Kier alpha value is -0.890. The molecule has 0 unspecified atom stereocenters. The van der Waals surface area contributed by atoms with Gasteiger partial charge in [-0.2, -0.15) is 0 Å². The molecule has 0 aromatic carbocycles. The minimum atomic E-state index is 0.926. The molecule has 1 nitrogen and oxygen atoms in total. The Kier molecular flexibility index (Phi) is 1.80. The number of aromatic nitrogens is 1. The highest BCUT2D eigenvalue weighted by Crippen LogP contribution is 2.10. The Labute approximate surface area is 58.4 Å². The van der Waals surface area contributed by atoms with Crippen LogP contribution in [0.15, 0.2) is 18.5 Å². The second-order valence-corrected chi connectivity index (χ2v) is 2.41. The first-order valence-electron chi connectivity index (χ1n) is 2.57. The summed E-state index contributed by atoms with van der Waals surface area (Å²) in [5.41, 5.74) is 0.926. The highest BCUT2D eigenvalue weighted by Gasteiger charge is 1.90. The molecule has 1 rings (SSSR count). The van der Waals surface area contributed by atoms with Crippen LogP contribution >= 0.6 is 11.3 Å². The van der Waals surface area contributed by atoms with E-state index in [1.807, 2.05) is 5.38 Å². The highest BCUT2D eigenvalue weighted by molar-refractivity contribution is 7.10. The van der Waals surface area contributed by atoms with E-state index in [2.05, 4.69) is 18.1 Å². The zero-order valence-corrected chi connectivity index (χ0v) is 5.82. The number of thiazole rings is 1. The van der Waals surface area contributed by atoms with Gasteiger partial charge in [0.05, 0.1) is 5.69 Å². The Morgan fingerprint density at radius 3 is 2.56 bits per heavy atom. The van der Waals surface area contributed by atoms with Gasteiger partial charge in [0.2, 0.25) is 0 Å². The fourth-order valence-electron chi connectivity index (χ4n) is 0.488. The Morgan fingerprint density at radius 1 is 1.44 bits per heavy atom. The van der Waals surface area contributed by atoms with E-state index in [0.717, 1.165) is 10.7 Å². The van der Waals surface area contributed by atoms with Gasteiger partial charge in [-0.25, -0.2) is 4.98 Å². The van der Waals surface area contributed by atoms with Crippen molar-refractivity contribution < 1.29 is 0 Å². The molecule has 1 aromatic rings. The first-order valence-corrected chi connectivity index (χ1v) is 3.45. The largest absolute Gasteiger partial charge is 0.237 e. The molecule has 0 saturated carbocycles. The second kappa shape index (κ2) is 2.60. The van der Waals surface area contributed by atoms with Gasteiger partial charge in [-0.3, -0.25) is 0 Å². The minimum absolute atomic E-state index is 0.926. The van der Waals surface area contributed by atoms with Gasteiger partial charge in [0.25, 0.3) is 0 Å². The zero-order valence-electron chi connectivity index (χ0n) is 5.00. The van der Waals surface area contributed by atoms with Crippen molar-refractivity contribution in [3.05, 3.63) is 29.2 Å². The van der Waals surface area contributed by atoms with Crippen LogP contribution in [-0.2, 0) is 0 Å². The van der Waals surface area contributed by atoms with Gasteiger partial charge in [0, 0.05) is 5.38 Å². The molecule has 46 valence electrons. The fourth-order valence-corrected chi connectivity index (χ4v) is 1.13. The van der Waals surface area contributed by atoms with Gasteiger partial charge >= 0.3 is 0 Å². The molecule has 0 spiro atoms. The molecule has 0 fully saturated rings. The van der Waals surface area contributed by atoms with E-state index in [9.17, 15) is 0 Å². The van der Waals surface area contributed by atoms with Crippen molar-refractivity contribution in [2.24, 2.45) is 0 Å². The molecule has 0 atom stereocenters. The molecule has 1 aromatic heterocycles. The van der Waals surface area contributed by atoms with E-state index in [4.69, 9.17) is 0 Å². The van der Waals surface area contributed by atoms with Crippen LogP contribution in [0.4, 0.5) is 0 Å². The summed E-state index contributed by atoms with van der Waals surface area (Å²) in [6, 6.07) is 0. The SMILES string of the molecule is C=Cc1csc(C=C)n1. The van der Waals surface area contributed by atoms with E-state index in [0.29, 0.717) is 0 Å². The van der Waals surface area contributed by atoms with Gasteiger partial charge in [-0.05, 0) is 12.2 Å². The fraction of sp³-hybridized carbons (Fsp3) is 0. The molecule has 2 heteroatoms. The first-order chi connectivity index (χ1) is 4.36. The summed E-state index contributed by atoms with van der Waals surface area (Å²) in [6.45, 7) is 7.18. The molecule has 0 N–H and O–H groups in total. The van der Waals surface area contributed by atoms with E-state index < -0.39 is 0 Å². The van der Waals surface area contributed by atoms with E-state index in [1.165, 1.54) is 0 Å². The van der Waals surface area contributed by atoms with E-state index in [-0.39, 0.29) is 0 Å². The average Bonchev–Trinajstić information content (AvgIpc) is 2.34. The lowest BCUT2D eigenvalue weighted by Crippen LogP contribution is -1.68. The third-order valence-corrected chi connectivity index (χ3v) is 1.78. The van der Waals surface area contributed by atoms with Gasteiger partial charge < -0.3 is 0 Å². The quantitative estimate of drug-likeness (QED) is 0.610. The maximum Gasteiger partial charge on any atom is 0.116 e. The predicted octanol–water partition coefficient (Wildman–Crippen LogP) is 2.43. The Bertz CT molecular complexity index is 202. The lowest BCUT2D eigenvalue weighted by atomic mass is 10.5. The van der Waals surface area contributed by atoms with Gasteiger partial charge in [-0.15, -0.1) is 11.3 Å². The summed E-state index contributed by atoms with van der Waals surface area (Å²) in [5.74, 6) is 0. The van der Waals surface area contributed by atoms with Crippen LogP contribution in [0, 0.1) is 0 Å². The van der Waals surface area contributed by atoms with Crippen molar-refractivity contribution in [3.8, 4) is 0 Å². The highest BCUT2D eigenvalue weighted by atomic mass is 32.1. The third-order valence-electron chi connectivity index (χ3n) is 0.923. The Balaban J connectivity index is 2.98.